The molecule has 168 valence electrons. The lowest BCUT2D eigenvalue weighted by Gasteiger charge is -2.19. The Labute approximate surface area is 190 Å². The number of amides is 1. The van der Waals surface area contributed by atoms with Crippen LogP contribution in [0.3, 0.4) is 0 Å². The third-order valence-corrected chi connectivity index (χ3v) is 6.53. The molecular formula is C21H21ClN4O5S. The van der Waals surface area contributed by atoms with Gasteiger partial charge in [-0.1, -0.05) is 23.7 Å². The SMILES string of the molecule is COc1ccc(Cl)cc1S(=O)(=O)N(C)CC(=O)Nc1cccc(-c2nc(C)cc(=O)[nH]2)c1. The van der Waals surface area contributed by atoms with Gasteiger partial charge in [0.15, 0.2) is 0 Å². The summed E-state index contributed by atoms with van der Waals surface area (Å²) in [5.74, 6) is -0.0761. The zero-order chi connectivity index (χ0) is 23.5. The van der Waals surface area contributed by atoms with Gasteiger partial charge in [-0.2, -0.15) is 4.31 Å². The van der Waals surface area contributed by atoms with Gasteiger partial charge in [-0.05, 0) is 37.3 Å². The second-order valence-corrected chi connectivity index (χ2v) is 9.37. The van der Waals surface area contributed by atoms with Crippen LogP contribution in [0.1, 0.15) is 5.69 Å². The molecule has 2 N–H and O–H groups in total. The topological polar surface area (TPSA) is 121 Å². The smallest absolute Gasteiger partial charge is 0.251 e. The van der Waals surface area contributed by atoms with E-state index in [0.29, 0.717) is 22.8 Å². The number of aryl methyl sites for hydroxylation is 1. The maximum absolute atomic E-state index is 12.9. The number of nitrogens with zero attached hydrogens (tertiary/aromatic N) is 2. The summed E-state index contributed by atoms with van der Waals surface area (Å²) in [6, 6.07) is 12.3. The van der Waals surface area contributed by atoms with Crippen LogP contribution < -0.4 is 15.6 Å². The van der Waals surface area contributed by atoms with E-state index < -0.39 is 22.5 Å². The molecule has 9 nitrogen and oxygen atoms in total. The molecule has 0 atom stereocenters. The van der Waals surface area contributed by atoms with E-state index >= 15 is 0 Å². The number of likely N-dealkylation sites (N-methyl/N-ethyl adjacent to an activating group) is 1. The van der Waals surface area contributed by atoms with Crippen LogP contribution in [0.5, 0.6) is 5.75 Å². The van der Waals surface area contributed by atoms with Crippen LogP contribution in [0.2, 0.25) is 5.02 Å². The van der Waals surface area contributed by atoms with E-state index in [1.54, 1.807) is 31.2 Å². The molecule has 0 spiro atoms. The third-order valence-electron chi connectivity index (χ3n) is 4.47. The fraction of sp³-hybridized carbons (Fsp3) is 0.190. The van der Waals surface area contributed by atoms with Crippen molar-refractivity contribution in [1.29, 1.82) is 0 Å². The molecule has 0 fully saturated rings. The first-order valence-corrected chi connectivity index (χ1v) is 11.2. The number of ether oxygens (including phenoxy) is 1. The lowest BCUT2D eigenvalue weighted by atomic mass is 10.2. The largest absolute Gasteiger partial charge is 0.495 e. The number of anilines is 1. The molecule has 2 aromatic carbocycles. The zero-order valence-corrected chi connectivity index (χ0v) is 19.1. The minimum absolute atomic E-state index is 0.119. The molecule has 3 rings (SSSR count). The highest BCUT2D eigenvalue weighted by molar-refractivity contribution is 7.89. The molecule has 11 heteroatoms. The Hall–Kier alpha value is -3.21. The van der Waals surface area contributed by atoms with E-state index in [1.807, 2.05) is 0 Å². The molecule has 0 aliphatic carbocycles. The Bertz CT molecular complexity index is 1320. The normalized spacial score (nSPS) is 11.4. The van der Waals surface area contributed by atoms with Gasteiger partial charge >= 0.3 is 0 Å². The van der Waals surface area contributed by atoms with E-state index in [0.717, 1.165) is 4.31 Å². The number of halogens is 1. The number of methoxy groups -OCH3 is 1. The third kappa shape index (κ3) is 5.34. The summed E-state index contributed by atoms with van der Waals surface area (Å²) >= 11 is 5.94. The van der Waals surface area contributed by atoms with Crippen LogP contribution in [-0.4, -0.2) is 49.3 Å². The number of carbonyl (C=O) groups is 1. The molecule has 1 heterocycles. The summed E-state index contributed by atoms with van der Waals surface area (Å²) in [4.78, 5) is 31.0. The van der Waals surface area contributed by atoms with Crippen molar-refractivity contribution in [1.82, 2.24) is 14.3 Å². The zero-order valence-electron chi connectivity index (χ0n) is 17.5. The Morgan fingerprint density at radius 2 is 1.97 bits per heavy atom. The number of sulfonamides is 1. The highest BCUT2D eigenvalue weighted by Crippen LogP contribution is 2.29. The van der Waals surface area contributed by atoms with Crippen molar-refractivity contribution in [2.45, 2.75) is 11.8 Å². The number of carbonyl (C=O) groups excluding carboxylic acids is 1. The van der Waals surface area contributed by atoms with Crippen LogP contribution in [0.25, 0.3) is 11.4 Å². The highest BCUT2D eigenvalue weighted by Gasteiger charge is 2.27. The first kappa shape index (κ1) is 23.5. The van der Waals surface area contributed by atoms with Crippen molar-refractivity contribution < 1.29 is 17.9 Å². The molecule has 1 amide bonds. The van der Waals surface area contributed by atoms with Crippen molar-refractivity contribution in [3.63, 3.8) is 0 Å². The Morgan fingerprint density at radius 1 is 1.22 bits per heavy atom. The fourth-order valence-corrected chi connectivity index (χ4v) is 4.51. The summed E-state index contributed by atoms with van der Waals surface area (Å²) in [6.07, 6.45) is 0. The molecule has 0 unspecified atom stereocenters. The lowest BCUT2D eigenvalue weighted by Crippen LogP contribution is -2.35. The number of rotatable bonds is 7. The van der Waals surface area contributed by atoms with Gasteiger partial charge < -0.3 is 15.0 Å². The monoisotopic (exact) mass is 476 g/mol. The van der Waals surface area contributed by atoms with Gasteiger partial charge in [-0.25, -0.2) is 13.4 Å². The second kappa shape index (κ2) is 9.51. The quantitative estimate of drug-likeness (QED) is 0.540. The Morgan fingerprint density at radius 3 is 2.66 bits per heavy atom. The van der Waals surface area contributed by atoms with Gasteiger partial charge in [0.25, 0.3) is 5.56 Å². The number of aromatic amines is 1. The van der Waals surface area contributed by atoms with E-state index in [1.165, 1.54) is 38.4 Å². The number of hydrogen-bond acceptors (Lipinski definition) is 6. The first-order chi connectivity index (χ1) is 15.1. The minimum atomic E-state index is -4.04. The van der Waals surface area contributed by atoms with Gasteiger partial charge in [-0.3, -0.25) is 9.59 Å². The van der Waals surface area contributed by atoms with E-state index in [-0.39, 0.29) is 21.2 Å². The van der Waals surface area contributed by atoms with Crippen molar-refractivity contribution in [3.8, 4) is 17.1 Å². The van der Waals surface area contributed by atoms with E-state index in [9.17, 15) is 18.0 Å². The van der Waals surface area contributed by atoms with Gasteiger partial charge in [0.05, 0.1) is 13.7 Å². The maximum atomic E-state index is 12.9. The van der Waals surface area contributed by atoms with Crippen molar-refractivity contribution >= 4 is 33.2 Å². The number of nitrogens with one attached hydrogen (secondary N) is 2. The number of benzene rings is 2. The Balaban J connectivity index is 1.77. The molecule has 0 saturated heterocycles. The fourth-order valence-electron chi connectivity index (χ4n) is 2.97. The molecule has 0 aliphatic rings. The number of hydrogen-bond donors (Lipinski definition) is 2. The van der Waals surface area contributed by atoms with Crippen molar-refractivity contribution in [3.05, 3.63) is 69.6 Å². The van der Waals surface area contributed by atoms with Crippen LogP contribution in [0.4, 0.5) is 5.69 Å². The molecule has 0 saturated carbocycles. The van der Waals surface area contributed by atoms with Gasteiger partial charge in [0.2, 0.25) is 15.9 Å². The average molecular weight is 477 g/mol. The van der Waals surface area contributed by atoms with Gasteiger partial charge in [0, 0.05) is 35.1 Å². The lowest BCUT2D eigenvalue weighted by molar-refractivity contribution is -0.116. The molecule has 0 radical (unpaired) electrons. The molecule has 32 heavy (non-hydrogen) atoms. The van der Waals surface area contributed by atoms with Crippen molar-refractivity contribution in [2.75, 3.05) is 26.0 Å². The minimum Gasteiger partial charge on any atom is -0.495 e. The van der Waals surface area contributed by atoms with Crippen LogP contribution in [0.15, 0.2) is 58.2 Å². The molecule has 3 aromatic rings. The molecule has 1 aromatic heterocycles. The highest BCUT2D eigenvalue weighted by atomic mass is 35.5. The summed E-state index contributed by atoms with van der Waals surface area (Å²) in [5.41, 5.74) is 1.28. The summed E-state index contributed by atoms with van der Waals surface area (Å²) in [6.45, 7) is 1.26. The van der Waals surface area contributed by atoms with Crippen LogP contribution in [0, 0.1) is 6.92 Å². The van der Waals surface area contributed by atoms with Crippen molar-refractivity contribution in [2.24, 2.45) is 0 Å². The molecule has 0 bridgehead atoms. The van der Waals surface area contributed by atoms with Crippen LogP contribution >= 0.6 is 11.6 Å². The van der Waals surface area contributed by atoms with Crippen LogP contribution in [-0.2, 0) is 14.8 Å². The standard InChI is InChI=1S/C21H21ClN4O5S/c1-13-9-19(27)25-21(23-13)14-5-4-6-16(10-14)24-20(28)12-26(2)32(29,30)18-11-15(22)7-8-17(18)31-3/h4-11H,12H2,1-3H3,(H,24,28)(H,23,25,27). The van der Waals surface area contributed by atoms with E-state index in [4.69, 9.17) is 16.3 Å². The maximum Gasteiger partial charge on any atom is 0.251 e. The predicted molar refractivity (Wildman–Crippen MR) is 121 cm³/mol. The molecule has 0 aliphatic heterocycles. The predicted octanol–water partition coefficient (Wildman–Crippen LogP) is 2.67. The number of aromatic nitrogens is 2. The van der Waals surface area contributed by atoms with Gasteiger partial charge in [0.1, 0.15) is 16.5 Å². The average Bonchev–Trinajstić information content (AvgIpc) is 2.73. The summed E-state index contributed by atoms with van der Waals surface area (Å²) in [7, 11) is -1.41. The molecular weight excluding hydrogens is 456 g/mol. The number of H-pyrrole nitrogens is 1. The van der Waals surface area contributed by atoms with E-state index in [2.05, 4.69) is 15.3 Å². The summed E-state index contributed by atoms with van der Waals surface area (Å²) in [5, 5.41) is 2.88. The van der Waals surface area contributed by atoms with Gasteiger partial charge in [-0.15, -0.1) is 0 Å². The first-order valence-electron chi connectivity index (χ1n) is 9.38. The second-order valence-electron chi connectivity index (χ2n) is 6.92. The Kier molecular flexibility index (Phi) is 6.97. The summed E-state index contributed by atoms with van der Waals surface area (Å²) < 4.78 is 31.9.